The number of nitrogens with zero attached hydrogens (tertiary/aromatic N) is 1. The molecular weight excluding hydrogens is 396 g/mol. The number of imidazole rings is 1. The zero-order valence-corrected chi connectivity index (χ0v) is 16.8. The monoisotopic (exact) mass is 414 g/mol. The Balaban J connectivity index is 1.28. The van der Waals surface area contributed by atoms with Gasteiger partial charge < -0.3 is 15.3 Å². The number of carbonyl (C=O) groups excluding carboxylic acids is 1. The molecule has 0 aliphatic carbocycles. The van der Waals surface area contributed by atoms with Gasteiger partial charge in [-0.05, 0) is 60.5 Å². The van der Waals surface area contributed by atoms with E-state index in [4.69, 9.17) is 11.6 Å². The Labute approximate surface area is 178 Å². The third-order valence-electron chi connectivity index (χ3n) is 5.10. The summed E-state index contributed by atoms with van der Waals surface area (Å²) in [5.41, 5.74) is 5.31. The van der Waals surface area contributed by atoms with Crippen LogP contribution in [0.25, 0.3) is 21.9 Å². The lowest BCUT2D eigenvalue weighted by Crippen LogP contribution is -2.12. The average Bonchev–Trinajstić information content (AvgIpc) is 3.36. The highest BCUT2D eigenvalue weighted by molar-refractivity contribution is 6.31. The molecule has 3 N–H and O–H groups in total. The second kappa shape index (κ2) is 7.69. The number of fused-ring (bicyclic) bond motifs is 2. The molecule has 5 aromatic rings. The highest BCUT2D eigenvalue weighted by Crippen LogP contribution is 2.21. The number of amides is 1. The number of anilines is 1. The Bertz CT molecular complexity index is 1340. The molecule has 5 nitrogen and oxygen atoms in total. The molecule has 0 aliphatic rings. The first-order valence-electron chi connectivity index (χ1n) is 9.76. The van der Waals surface area contributed by atoms with Crippen molar-refractivity contribution in [1.82, 2.24) is 15.0 Å². The van der Waals surface area contributed by atoms with Crippen molar-refractivity contribution in [2.45, 2.75) is 12.8 Å². The number of aryl methyl sites for hydroxylation is 2. The Morgan fingerprint density at radius 3 is 2.70 bits per heavy atom. The van der Waals surface area contributed by atoms with E-state index in [1.165, 1.54) is 0 Å². The Morgan fingerprint density at radius 2 is 1.80 bits per heavy atom. The molecule has 2 aromatic heterocycles. The van der Waals surface area contributed by atoms with Crippen molar-refractivity contribution in [2.24, 2.45) is 0 Å². The summed E-state index contributed by atoms with van der Waals surface area (Å²) in [6, 6.07) is 23.2. The first-order chi connectivity index (χ1) is 14.6. The third kappa shape index (κ3) is 3.80. The summed E-state index contributed by atoms with van der Waals surface area (Å²) >= 11 is 6.03. The predicted molar refractivity (Wildman–Crippen MR) is 121 cm³/mol. The van der Waals surface area contributed by atoms with E-state index in [0.717, 1.165) is 51.9 Å². The van der Waals surface area contributed by atoms with Gasteiger partial charge in [0.2, 0.25) is 0 Å². The van der Waals surface area contributed by atoms with Gasteiger partial charge in [-0.25, -0.2) is 4.98 Å². The minimum atomic E-state index is -0.184. The van der Waals surface area contributed by atoms with Crippen molar-refractivity contribution in [1.29, 1.82) is 0 Å². The van der Waals surface area contributed by atoms with E-state index >= 15 is 0 Å². The molecule has 0 saturated heterocycles. The predicted octanol–water partition coefficient (Wildman–Crippen LogP) is 5.74. The van der Waals surface area contributed by atoms with Gasteiger partial charge in [-0.3, -0.25) is 4.79 Å². The number of halogens is 1. The van der Waals surface area contributed by atoms with Gasteiger partial charge in [0.25, 0.3) is 5.91 Å². The molecule has 1 amide bonds. The zero-order chi connectivity index (χ0) is 20.5. The molecule has 0 unspecified atom stereocenters. The third-order valence-corrected chi connectivity index (χ3v) is 5.34. The van der Waals surface area contributed by atoms with E-state index in [1.807, 2.05) is 60.7 Å². The summed E-state index contributed by atoms with van der Waals surface area (Å²) in [6.45, 7) is 0. The normalized spacial score (nSPS) is 11.2. The molecule has 2 heterocycles. The van der Waals surface area contributed by atoms with Crippen molar-refractivity contribution in [3.63, 3.8) is 0 Å². The SMILES string of the molecule is O=C(Nc1cccc(CCc2nc3ccccc3[nH]2)c1)c1cc2cc(Cl)ccc2[nH]1. The number of rotatable bonds is 5. The summed E-state index contributed by atoms with van der Waals surface area (Å²) in [4.78, 5) is 23.8. The quantitative estimate of drug-likeness (QED) is 0.343. The number of carbonyl (C=O) groups is 1. The molecule has 0 radical (unpaired) electrons. The summed E-state index contributed by atoms with van der Waals surface area (Å²) < 4.78 is 0. The minimum absolute atomic E-state index is 0.184. The number of hydrogen-bond acceptors (Lipinski definition) is 2. The van der Waals surface area contributed by atoms with Crippen molar-refractivity contribution in [2.75, 3.05) is 5.32 Å². The van der Waals surface area contributed by atoms with E-state index in [2.05, 4.69) is 26.3 Å². The van der Waals surface area contributed by atoms with Gasteiger partial charge in [-0.1, -0.05) is 35.9 Å². The fourth-order valence-electron chi connectivity index (χ4n) is 3.62. The van der Waals surface area contributed by atoms with Gasteiger partial charge in [0.05, 0.1) is 11.0 Å². The Morgan fingerprint density at radius 1 is 0.900 bits per heavy atom. The topological polar surface area (TPSA) is 73.6 Å². The van der Waals surface area contributed by atoms with Gasteiger partial charge in [0.15, 0.2) is 0 Å². The van der Waals surface area contributed by atoms with Crippen LogP contribution in [0.2, 0.25) is 5.02 Å². The van der Waals surface area contributed by atoms with Crippen LogP contribution >= 0.6 is 11.6 Å². The fourth-order valence-corrected chi connectivity index (χ4v) is 3.80. The molecule has 0 fully saturated rings. The van der Waals surface area contributed by atoms with Gasteiger partial charge >= 0.3 is 0 Å². The first kappa shape index (κ1) is 18.5. The van der Waals surface area contributed by atoms with E-state index in [9.17, 15) is 4.79 Å². The average molecular weight is 415 g/mol. The molecular formula is C24H19ClN4O. The molecule has 3 aromatic carbocycles. The maximum Gasteiger partial charge on any atom is 0.272 e. The number of nitrogens with one attached hydrogen (secondary N) is 3. The highest BCUT2D eigenvalue weighted by Gasteiger charge is 2.11. The van der Waals surface area contributed by atoms with Crippen LogP contribution in [0.3, 0.4) is 0 Å². The van der Waals surface area contributed by atoms with Crippen molar-refractivity contribution >= 4 is 45.1 Å². The summed E-state index contributed by atoms with van der Waals surface area (Å²) in [7, 11) is 0. The smallest absolute Gasteiger partial charge is 0.272 e. The van der Waals surface area contributed by atoms with Crippen LogP contribution in [0.5, 0.6) is 0 Å². The van der Waals surface area contributed by atoms with E-state index in [0.29, 0.717) is 10.7 Å². The molecule has 0 spiro atoms. The molecule has 5 rings (SSSR count). The molecule has 148 valence electrons. The molecule has 0 atom stereocenters. The second-order valence-corrected chi connectivity index (χ2v) is 7.71. The lowest BCUT2D eigenvalue weighted by atomic mass is 10.1. The van der Waals surface area contributed by atoms with Crippen molar-refractivity contribution in [3.05, 3.63) is 94.9 Å². The zero-order valence-electron chi connectivity index (χ0n) is 16.1. The molecule has 0 aliphatic heterocycles. The van der Waals surface area contributed by atoms with Crippen LogP contribution in [0.4, 0.5) is 5.69 Å². The minimum Gasteiger partial charge on any atom is -0.351 e. The number of aromatic amines is 2. The lowest BCUT2D eigenvalue weighted by molar-refractivity contribution is 0.102. The van der Waals surface area contributed by atoms with Crippen LogP contribution < -0.4 is 5.32 Å². The molecule has 0 bridgehead atoms. The van der Waals surface area contributed by atoms with Crippen LogP contribution in [-0.2, 0) is 12.8 Å². The van der Waals surface area contributed by atoms with Gasteiger partial charge in [0, 0.05) is 28.0 Å². The summed E-state index contributed by atoms with van der Waals surface area (Å²) in [5.74, 6) is 0.777. The summed E-state index contributed by atoms with van der Waals surface area (Å²) in [6.07, 6.45) is 1.63. The van der Waals surface area contributed by atoms with Gasteiger partial charge in [0.1, 0.15) is 11.5 Å². The van der Waals surface area contributed by atoms with E-state index < -0.39 is 0 Å². The van der Waals surface area contributed by atoms with Crippen LogP contribution in [0, 0.1) is 0 Å². The second-order valence-electron chi connectivity index (χ2n) is 7.27. The lowest BCUT2D eigenvalue weighted by Gasteiger charge is -2.06. The number of hydrogen-bond donors (Lipinski definition) is 3. The first-order valence-corrected chi connectivity index (χ1v) is 10.1. The van der Waals surface area contributed by atoms with Crippen LogP contribution in [0.1, 0.15) is 21.9 Å². The number of H-pyrrole nitrogens is 2. The van der Waals surface area contributed by atoms with Crippen molar-refractivity contribution in [3.8, 4) is 0 Å². The Kier molecular flexibility index (Phi) is 4.73. The largest absolute Gasteiger partial charge is 0.351 e. The van der Waals surface area contributed by atoms with Crippen molar-refractivity contribution < 1.29 is 4.79 Å². The molecule has 30 heavy (non-hydrogen) atoms. The van der Waals surface area contributed by atoms with E-state index in [1.54, 1.807) is 6.07 Å². The standard InChI is InChI=1S/C24H19ClN4O/c25-17-9-10-19-16(13-17)14-22(27-19)24(30)26-18-5-3-4-15(12-18)8-11-23-28-20-6-1-2-7-21(20)29-23/h1-7,9-10,12-14,27H,8,11H2,(H,26,30)(H,28,29). The van der Waals surface area contributed by atoms with Gasteiger partial charge in [-0.15, -0.1) is 0 Å². The van der Waals surface area contributed by atoms with Gasteiger partial charge in [-0.2, -0.15) is 0 Å². The fraction of sp³-hybridized carbons (Fsp3) is 0.0833. The maximum absolute atomic E-state index is 12.7. The molecule has 6 heteroatoms. The van der Waals surface area contributed by atoms with E-state index in [-0.39, 0.29) is 5.91 Å². The number of para-hydroxylation sites is 2. The number of aromatic nitrogens is 3. The number of benzene rings is 3. The maximum atomic E-state index is 12.7. The summed E-state index contributed by atoms with van der Waals surface area (Å²) in [5, 5.41) is 4.52. The Hall–Kier alpha value is -3.57. The van der Waals surface area contributed by atoms with Crippen LogP contribution in [-0.4, -0.2) is 20.9 Å². The molecule has 0 saturated carbocycles. The highest BCUT2D eigenvalue weighted by atomic mass is 35.5. The van der Waals surface area contributed by atoms with Crippen LogP contribution in [0.15, 0.2) is 72.8 Å².